The summed E-state index contributed by atoms with van der Waals surface area (Å²) in [5, 5.41) is 0. The van der Waals surface area contributed by atoms with E-state index < -0.39 is 0 Å². The van der Waals surface area contributed by atoms with Gasteiger partial charge in [0.2, 0.25) is 0 Å². The minimum absolute atomic E-state index is 0.881. The SMILES string of the molecule is CCCCCCC1CCC(CCCOc2ccc(CCCCC)cc2)CC1. The molecule has 1 nitrogen and oxygen atoms in total. The van der Waals surface area contributed by atoms with Crippen LogP contribution in [0.5, 0.6) is 5.75 Å². The third-order valence-corrected chi connectivity index (χ3v) is 6.45. The van der Waals surface area contributed by atoms with Crippen LogP contribution >= 0.6 is 0 Å². The molecule has 0 saturated heterocycles. The van der Waals surface area contributed by atoms with E-state index in [0.717, 1.165) is 24.2 Å². The molecular weight excluding hydrogens is 328 g/mol. The predicted octanol–water partition coefficient (Wildman–Crippen LogP) is 8.36. The zero-order valence-electron chi connectivity index (χ0n) is 18.2. The highest BCUT2D eigenvalue weighted by Gasteiger charge is 2.20. The Morgan fingerprint density at radius 2 is 1.30 bits per heavy atom. The highest BCUT2D eigenvalue weighted by molar-refractivity contribution is 5.27. The minimum atomic E-state index is 0.881. The van der Waals surface area contributed by atoms with E-state index in [2.05, 4.69) is 38.1 Å². The van der Waals surface area contributed by atoms with Gasteiger partial charge in [0, 0.05) is 0 Å². The van der Waals surface area contributed by atoms with E-state index in [-0.39, 0.29) is 0 Å². The molecule has 0 atom stereocenters. The van der Waals surface area contributed by atoms with Crippen LogP contribution in [0.4, 0.5) is 0 Å². The highest BCUT2D eigenvalue weighted by Crippen LogP contribution is 2.34. The van der Waals surface area contributed by atoms with Gasteiger partial charge in [-0.15, -0.1) is 0 Å². The van der Waals surface area contributed by atoms with Gasteiger partial charge in [-0.2, -0.15) is 0 Å². The van der Waals surface area contributed by atoms with Crippen molar-refractivity contribution in [3.63, 3.8) is 0 Å². The molecule has 0 amide bonds. The predicted molar refractivity (Wildman–Crippen MR) is 119 cm³/mol. The van der Waals surface area contributed by atoms with Gasteiger partial charge in [0.05, 0.1) is 6.61 Å². The topological polar surface area (TPSA) is 9.23 Å². The molecule has 27 heavy (non-hydrogen) atoms. The molecule has 1 aromatic carbocycles. The molecule has 1 aliphatic rings. The number of ether oxygens (including phenoxy) is 1. The molecule has 1 aromatic rings. The van der Waals surface area contributed by atoms with Gasteiger partial charge >= 0.3 is 0 Å². The minimum Gasteiger partial charge on any atom is -0.494 e. The van der Waals surface area contributed by atoms with Gasteiger partial charge in [0.15, 0.2) is 0 Å². The first-order valence-electron chi connectivity index (χ1n) is 12.0. The smallest absolute Gasteiger partial charge is 0.119 e. The molecule has 0 bridgehead atoms. The second kappa shape index (κ2) is 14.1. The molecule has 0 aromatic heterocycles. The van der Waals surface area contributed by atoms with Crippen LogP contribution in [-0.4, -0.2) is 6.61 Å². The van der Waals surface area contributed by atoms with Crippen molar-refractivity contribution in [3.8, 4) is 5.75 Å². The third-order valence-electron chi connectivity index (χ3n) is 6.45. The summed E-state index contributed by atoms with van der Waals surface area (Å²) >= 11 is 0. The van der Waals surface area contributed by atoms with Crippen LogP contribution in [0.3, 0.4) is 0 Å². The molecule has 1 heteroatoms. The zero-order valence-corrected chi connectivity index (χ0v) is 18.2. The Hall–Kier alpha value is -0.980. The van der Waals surface area contributed by atoms with Gasteiger partial charge in [-0.25, -0.2) is 0 Å². The van der Waals surface area contributed by atoms with Gasteiger partial charge in [-0.05, 0) is 55.2 Å². The monoisotopic (exact) mass is 372 g/mol. The van der Waals surface area contributed by atoms with Crippen LogP contribution in [0.2, 0.25) is 0 Å². The molecule has 0 heterocycles. The van der Waals surface area contributed by atoms with E-state index in [4.69, 9.17) is 4.74 Å². The summed E-state index contributed by atoms with van der Waals surface area (Å²) < 4.78 is 5.97. The largest absolute Gasteiger partial charge is 0.494 e. The Morgan fingerprint density at radius 1 is 0.704 bits per heavy atom. The number of aryl methyl sites for hydroxylation is 1. The van der Waals surface area contributed by atoms with Crippen molar-refractivity contribution in [2.45, 2.75) is 110 Å². The normalized spacial score (nSPS) is 19.9. The molecule has 0 aliphatic heterocycles. The summed E-state index contributed by atoms with van der Waals surface area (Å²) in [5.74, 6) is 3.04. The first-order valence-corrected chi connectivity index (χ1v) is 12.0. The number of hydrogen-bond donors (Lipinski definition) is 0. The van der Waals surface area contributed by atoms with Crippen molar-refractivity contribution in [1.29, 1.82) is 0 Å². The fourth-order valence-electron chi connectivity index (χ4n) is 4.56. The van der Waals surface area contributed by atoms with E-state index in [1.54, 1.807) is 0 Å². The van der Waals surface area contributed by atoms with Crippen LogP contribution in [0.1, 0.15) is 109 Å². The quantitative estimate of drug-likeness (QED) is 0.298. The maximum absolute atomic E-state index is 5.97. The van der Waals surface area contributed by atoms with Crippen molar-refractivity contribution in [1.82, 2.24) is 0 Å². The summed E-state index contributed by atoms with van der Waals surface area (Å²) in [6.45, 7) is 5.45. The van der Waals surface area contributed by atoms with E-state index in [1.807, 2.05) is 0 Å². The molecule has 0 radical (unpaired) electrons. The fraction of sp³-hybridized carbons (Fsp3) is 0.769. The summed E-state index contributed by atoms with van der Waals surface area (Å²) in [5.41, 5.74) is 1.45. The van der Waals surface area contributed by atoms with Crippen LogP contribution < -0.4 is 4.74 Å². The number of unbranched alkanes of at least 4 members (excludes halogenated alkanes) is 5. The Bertz CT molecular complexity index is 456. The molecular formula is C26H44O. The van der Waals surface area contributed by atoms with Crippen molar-refractivity contribution < 1.29 is 4.74 Å². The summed E-state index contributed by atoms with van der Waals surface area (Å²) in [7, 11) is 0. The second-order valence-electron chi connectivity index (χ2n) is 8.83. The van der Waals surface area contributed by atoms with E-state index >= 15 is 0 Å². The highest BCUT2D eigenvalue weighted by atomic mass is 16.5. The first-order chi connectivity index (χ1) is 13.3. The van der Waals surface area contributed by atoms with Crippen molar-refractivity contribution in [3.05, 3.63) is 29.8 Å². The van der Waals surface area contributed by atoms with Crippen molar-refractivity contribution >= 4 is 0 Å². The summed E-state index contributed by atoms with van der Waals surface area (Å²) in [6.07, 6.45) is 20.8. The van der Waals surface area contributed by atoms with Crippen LogP contribution in [0, 0.1) is 11.8 Å². The molecule has 1 aliphatic carbocycles. The van der Waals surface area contributed by atoms with Gasteiger partial charge in [-0.3, -0.25) is 0 Å². The fourth-order valence-corrected chi connectivity index (χ4v) is 4.56. The van der Waals surface area contributed by atoms with Gasteiger partial charge in [0.25, 0.3) is 0 Å². The average molecular weight is 373 g/mol. The van der Waals surface area contributed by atoms with Gasteiger partial charge < -0.3 is 4.74 Å². The molecule has 2 rings (SSSR count). The Kier molecular flexibility index (Phi) is 11.6. The van der Waals surface area contributed by atoms with Crippen LogP contribution in [0.15, 0.2) is 24.3 Å². The van der Waals surface area contributed by atoms with Gasteiger partial charge in [-0.1, -0.05) is 96.6 Å². The average Bonchev–Trinajstić information content (AvgIpc) is 2.71. The Labute approximate surface area is 169 Å². The van der Waals surface area contributed by atoms with Crippen LogP contribution in [0.25, 0.3) is 0 Å². The summed E-state index contributed by atoms with van der Waals surface area (Å²) in [6, 6.07) is 8.80. The maximum atomic E-state index is 5.97. The van der Waals surface area contributed by atoms with E-state index in [1.165, 1.54) is 102 Å². The summed E-state index contributed by atoms with van der Waals surface area (Å²) in [4.78, 5) is 0. The number of rotatable bonds is 14. The second-order valence-corrected chi connectivity index (χ2v) is 8.83. The Morgan fingerprint density at radius 3 is 1.93 bits per heavy atom. The number of hydrogen-bond acceptors (Lipinski definition) is 1. The first kappa shape index (κ1) is 22.3. The molecule has 154 valence electrons. The van der Waals surface area contributed by atoms with Crippen LogP contribution in [-0.2, 0) is 6.42 Å². The molecule has 0 spiro atoms. The standard InChI is InChI=1S/C26H44O/c1-3-5-7-9-12-23-14-16-25(17-15-23)13-10-22-27-26-20-18-24(19-21-26)11-8-6-4-2/h18-21,23,25H,3-17,22H2,1-2H3. The lowest BCUT2D eigenvalue weighted by Crippen LogP contribution is -2.15. The van der Waals surface area contributed by atoms with Gasteiger partial charge in [0.1, 0.15) is 5.75 Å². The van der Waals surface area contributed by atoms with Crippen molar-refractivity contribution in [2.24, 2.45) is 11.8 Å². The Balaban J connectivity index is 1.51. The molecule has 1 fully saturated rings. The molecule has 1 saturated carbocycles. The third kappa shape index (κ3) is 9.67. The van der Waals surface area contributed by atoms with E-state index in [0.29, 0.717) is 0 Å². The molecule has 0 unspecified atom stereocenters. The zero-order chi connectivity index (χ0) is 19.2. The molecule has 0 N–H and O–H groups in total. The lowest BCUT2D eigenvalue weighted by atomic mass is 9.78. The lowest BCUT2D eigenvalue weighted by molar-refractivity contribution is 0.228. The van der Waals surface area contributed by atoms with Crippen molar-refractivity contribution in [2.75, 3.05) is 6.61 Å². The maximum Gasteiger partial charge on any atom is 0.119 e. The number of benzene rings is 1. The lowest BCUT2D eigenvalue weighted by Gasteiger charge is -2.28. The van der Waals surface area contributed by atoms with E-state index in [9.17, 15) is 0 Å².